The van der Waals surface area contributed by atoms with E-state index in [9.17, 15) is 13.6 Å². The van der Waals surface area contributed by atoms with Gasteiger partial charge >= 0.3 is 0 Å². The predicted octanol–water partition coefficient (Wildman–Crippen LogP) is 1.75. The van der Waals surface area contributed by atoms with Gasteiger partial charge < -0.3 is 11.1 Å². The van der Waals surface area contributed by atoms with Crippen LogP contribution in [0.3, 0.4) is 0 Å². The SMILES string of the molecule is NCCCCCNC(=O)Cc1c(F)cccc1F. The number of halogens is 2. The first-order valence-corrected chi connectivity index (χ1v) is 6.05. The lowest BCUT2D eigenvalue weighted by Crippen LogP contribution is -2.27. The predicted molar refractivity (Wildman–Crippen MR) is 66.0 cm³/mol. The van der Waals surface area contributed by atoms with Crippen molar-refractivity contribution in [3.63, 3.8) is 0 Å². The normalized spacial score (nSPS) is 10.4. The summed E-state index contributed by atoms with van der Waals surface area (Å²) in [6.07, 6.45) is 2.40. The summed E-state index contributed by atoms with van der Waals surface area (Å²) >= 11 is 0. The van der Waals surface area contributed by atoms with Gasteiger partial charge in [0, 0.05) is 12.1 Å². The first-order chi connectivity index (χ1) is 8.65. The molecule has 5 heteroatoms. The Morgan fingerprint density at radius 2 is 1.83 bits per heavy atom. The quantitative estimate of drug-likeness (QED) is 0.730. The zero-order valence-electron chi connectivity index (χ0n) is 10.2. The largest absolute Gasteiger partial charge is 0.356 e. The summed E-state index contributed by atoms with van der Waals surface area (Å²) in [5.74, 6) is -1.74. The van der Waals surface area contributed by atoms with Gasteiger partial charge in [0.1, 0.15) is 11.6 Å². The molecule has 0 aromatic heterocycles. The molecule has 18 heavy (non-hydrogen) atoms. The van der Waals surface area contributed by atoms with Crippen molar-refractivity contribution in [1.29, 1.82) is 0 Å². The Morgan fingerprint density at radius 1 is 1.17 bits per heavy atom. The molecule has 0 saturated heterocycles. The lowest BCUT2D eigenvalue weighted by molar-refractivity contribution is -0.120. The second-order valence-corrected chi connectivity index (χ2v) is 4.08. The number of carbonyl (C=O) groups excluding carboxylic acids is 1. The number of nitrogens with two attached hydrogens (primary N) is 1. The topological polar surface area (TPSA) is 55.1 Å². The first-order valence-electron chi connectivity index (χ1n) is 6.05. The van der Waals surface area contributed by atoms with E-state index in [-0.39, 0.29) is 17.9 Å². The van der Waals surface area contributed by atoms with E-state index in [0.717, 1.165) is 31.4 Å². The molecule has 0 heterocycles. The monoisotopic (exact) mass is 256 g/mol. The van der Waals surface area contributed by atoms with E-state index in [1.807, 2.05) is 0 Å². The molecule has 0 bridgehead atoms. The van der Waals surface area contributed by atoms with Gasteiger partial charge in [-0.15, -0.1) is 0 Å². The number of benzene rings is 1. The van der Waals surface area contributed by atoms with Crippen LogP contribution in [0.2, 0.25) is 0 Å². The van der Waals surface area contributed by atoms with Crippen LogP contribution < -0.4 is 11.1 Å². The van der Waals surface area contributed by atoms with Crippen LogP contribution in [0.15, 0.2) is 18.2 Å². The van der Waals surface area contributed by atoms with Gasteiger partial charge in [-0.3, -0.25) is 4.79 Å². The molecule has 3 nitrogen and oxygen atoms in total. The highest BCUT2D eigenvalue weighted by molar-refractivity contribution is 5.78. The number of carbonyl (C=O) groups is 1. The Morgan fingerprint density at radius 3 is 2.44 bits per heavy atom. The fourth-order valence-corrected chi connectivity index (χ4v) is 1.60. The summed E-state index contributed by atoms with van der Waals surface area (Å²) in [5, 5.41) is 2.63. The van der Waals surface area contributed by atoms with Crippen molar-refractivity contribution < 1.29 is 13.6 Å². The van der Waals surface area contributed by atoms with E-state index in [0.29, 0.717) is 13.1 Å². The van der Waals surface area contributed by atoms with Crippen molar-refractivity contribution in [2.24, 2.45) is 5.73 Å². The third-order valence-electron chi connectivity index (χ3n) is 2.60. The molecular weight excluding hydrogens is 238 g/mol. The second kappa shape index (κ2) is 7.76. The van der Waals surface area contributed by atoms with Crippen LogP contribution in [0.25, 0.3) is 0 Å². The fraction of sp³-hybridized carbons (Fsp3) is 0.462. The third-order valence-corrected chi connectivity index (χ3v) is 2.60. The molecular formula is C13H18F2N2O. The number of unbranched alkanes of at least 4 members (excludes halogenated alkanes) is 2. The highest BCUT2D eigenvalue weighted by Gasteiger charge is 2.12. The summed E-state index contributed by atoms with van der Waals surface area (Å²) in [4.78, 5) is 11.5. The Bertz CT molecular complexity index is 376. The summed E-state index contributed by atoms with van der Waals surface area (Å²) < 4.78 is 26.5. The number of hydrogen-bond donors (Lipinski definition) is 2. The smallest absolute Gasteiger partial charge is 0.224 e. The van der Waals surface area contributed by atoms with Crippen molar-refractivity contribution in [2.45, 2.75) is 25.7 Å². The minimum atomic E-state index is -0.687. The van der Waals surface area contributed by atoms with Gasteiger partial charge in [-0.25, -0.2) is 8.78 Å². The van der Waals surface area contributed by atoms with Crippen molar-refractivity contribution in [3.05, 3.63) is 35.4 Å². The molecule has 0 aliphatic rings. The number of amides is 1. The lowest BCUT2D eigenvalue weighted by Gasteiger charge is -2.06. The Hall–Kier alpha value is -1.49. The van der Waals surface area contributed by atoms with E-state index in [4.69, 9.17) is 5.73 Å². The maximum absolute atomic E-state index is 13.3. The van der Waals surface area contributed by atoms with E-state index >= 15 is 0 Å². The molecule has 0 unspecified atom stereocenters. The van der Waals surface area contributed by atoms with Crippen LogP contribution in [0.1, 0.15) is 24.8 Å². The molecule has 0 spiro atoms. The summed E-state index contributed by atoms with van der Waals surface area (Å²) in [5.41, 5.74) is 5.15. The third kappa shape index (κ3) is 4.79. The van der Waals surface area contributed by atoms with Gasteiger partial charge in [0.15, 0.2) is 0 Å². The zero-order valence-corrected chi connectivity index (χ0v) is 10.2. The molecule has 1 amide bonds. The van der Waals surface area contributed by atoms with Crippen LogP contribution >= 0.6 is 0 Å². The number of nitrogens with one attached hydrogen (secondary N) is 1. The van der Waals surface area contributed by atoms with Crippen LogP contribution in [-0.4, -0.2) is 19.0 Å². The molecule has 1 rings (SSSR count). The fourth-order valence-electron chi connectivity index (χ4n) is 1.60. The standard InChI is InChI=1S/C13H18F2N2O/c14-11-5-4-6-12(15)10(11)9-13(18)17-8-3-1-2-7-16/h4-6H,1-3,7-9,16H2,(H,17,18). The van der Waals surface area contributed by atoms with Gasteiger partial charge in [-0.2, -0.15) is 0 Å². The molecule has 3 N–H and O–H groups in total. The van der Waals surface area contributed by atoms with Crippen molar-refractivity contribution in [2.75, 3.05) is 13.1 Å². The van der Waals surface area contributed by atoms with E-state index in [1.165, 1.54) is 6.07 Å². The second-order valence-electron chi connectivity index (χ2n) is 4.08. The highest BCUT2D eigenvalue weighted by Crippen LogP contribution is 2.12. The van der Waals surface area contributed by atoms with Crippen LogP contribution in [0.5, 0.6) is 0 Å². The molecule has 1 aromatic carbocycles. The maximum atomic E-state index is 13.3. The van der Waals surface area contributed by atoms with Gasteiger partial charge in [0.05, 0.1) is 6.42 Å². The summed E-state index contributed by atoms with van der Waals surface area (Å²) in [6, 6.07) is 3.57. The molecule has 0 aliphatic heterocycles. The number of hydrogen-bond acceptors (Lipinski definition) is 2. The van der Waals surface area contributed by atoms with E-state index in [2.05, 4.69) is 5.32 Å². The molecule has 0 radical (unpaired) electrons. The zero-order chi connectivity index (χ0) is 13.4. The molecule has 0 saturated carbocycles. The Kier molecular flexibility index (Phi) is 6.28. The summed E-state index contributed by atoms with van der Waals surface area (Å²) in [6.45, 7) is 1.14. The molecule has 1 aromatic rings. The maximum Gasteiger partial charge on any atom is 0.224 e. The van der Waals surface area contributed by atoms with Crippen LogP contribution in [0, 0.1) is 11.6 Å². The highest BCUT2D eigenvalue weighted by atomic mass is 19.1. The summed E-state index contributed by atoms with van der Waals surface area (Å²) in [7, 11) is 0. The molecule has 0 atom stereocenters. The minimum Gasteiger partial charge on any atom is -0.356 e. The molecule has 0 fully saturated rings. The van der Waals surface area contributed by atoms with Gasteiger partial charge in [0.25, 0.3) is 0 Å². The van der Waals surface area contributed by atoms with E-state index in [1.54, 1.807) is 0 Å². The van der Waals surface area contributed by atoms with Crippen molar-refractivity contribution in [3.8, 4) is 0 Å². The van der Waals surface area contributed by atoms with Crippen LogP contribution in [-0.2, 0) is 11.2 Å². The van der Waals surface area contributed by atoms with Gasteiger partial charge in [0.2, 0.25) is 5.91 Å². The van der Waals surface area contributed by atoms with Crippen molar-refractivity contribution >= 4 is 5.91 Å². The van der Waals surface area contributed by atoms with Gasteiger partial charge in [-0.1, -0.05) is 12.5 Å². The average Bonchev–Trinajstić information content (AvgIpc) is 2.34. The number of rotatable bonds is 7. The van der Waals surface area contributed by atoms with Gasteiger partial charge in [-0.05, 0) is 31.5 Å². The first kappa shape index (κ1) is 14.6. The minimum absolute atomic E-state index is 0.183. The van der Waals surface area contributed by atoms with Crippen LogP contribution in [0.4, 0.5) is 8.78 Å². The molecule has 100 valence electrons. The lowest BCUT2D eigenvalue weighted by atomic mass is 10.1. The van der Waals surface area contributed by atoms with E-state index < -0.39 is 11.6 Å². The Balaban J connectivity index is 2.36. The van der Waals surface area contributed by atoms with Crippen molar-refractivity contribution in [1.82, 2.24) is 5.32 Å². The molecule has 0 aliphatic carbocycles. The average molecular weight is 256 g/mol. The Labute approximate surface area is 105 Å².